The van der Waals surface area contributed by atoms with E-state index in [1.807, 2.05) is 18.8 Å². The fourth-order valence-corrected chi connectivity index (χ4v) is 1.88. The average molecular weight is 303 g/mol. The van der Waals surface area contributed by atoms with Crippen molar-refractivity contribution >= 4 is 11.6 Å². The normalized spacial score (nSPS) is 10.5. The minimum Gasteiger partial charge on any atom is -0.491 e. The van der Waals surface area contributed by atoms with Crippen LogP contribution in [0, 0.1) is 0 Å². The molecule has 116 valence electrons. The molecule has 1 aromatic carbocycles. The van der Waals surface area contributed by atoms with E-state index in [9.17, 15) is 14.4 Å². The molecule has 0 atom stereocenters. The maximum atomic E-state index is 11.9. The summed E-state index contributed by atoms with van der Waals surface area (Å²) in [6, 6.07) is 8.13. The Morgan fingerprint density at radius 3 is 2.45 bits per heavy atom. The van der Waals surface area contributed by atoms with Gasteiger partial charge in [0.25, 0.3) is 5.56 Å². The summed E-state index contributed by atoms with van der Waals surface area (Å²) < 4.78 is 5.51. The first-order valence-electron chi connectivity index (χ1n) is 6.81. The quantitative estimate of drug-likeness (QED) is 0.767. The summed E-state index contributed by atoms with van der Waals surface area (Å²) in [4.78, 5) is 38.6. The second-order valence-electron chi connectivity index (χ2n) is 5.03. The van der Waals surface area contributed by atoms with Crippen LogP contribution in [0.1, 0.15) is 19.5 Å². The second kappa shape index (κ2) is 6.75. The molecule has 0 spiro atoms. The summed E-state index contributed by atoms with van der Waals surface area (Å²) in [5, 5.41) is 2.68. The molecule has 0 aliphatic rings. The predicted octanol–water partition coefficient (Wildman–Crippen LogP) is 1.03. The molecule has 1 amide bonds. The van der Waals surface area contributed by atoms with Crippen molar-refractivity contribution in [2.75, 3.05) is 5.32 Å². The van der Waals surface area contributed by atoms with E-state index in [0.29, 0.717) is 11.4 Å². The van der Waals surface area contributed by atoms with Gasteiger partial charge in [-0.25, -0.2) is 4.79 Å². The van der Waals surface area contributed by atoms with Crippen molar-refractivity contribution in [3.05, 3.63) is 56.9 Å². The lowest BCUT2D eigenvalue weighted by molar-refractivity contribution is -0.115. The highest BCUT2D eigenvalue weighted by Crippen LogP contribution is 2.16. The second-order valence-corrected chi connectivity index (χ2v) is 5.03. The molecule has 0 fully saturated rings. The van der Waals surface area contributed by atoms with Crippen LogP contribution in [0.15, 0.2) is 39.9 Å². The van der Waals surface area contributed by atoms with Crippen molar-refractivity contribution in [2.24, 2.45) is 0 Å². The van der Waals surface area contributed by atoms with Gasteiger partial charge in [0.05, 0.1) is 12.5 Å². The van der Waals surface area contributed by atoms with Crippen LogP contribution in [0.5, 0.6) is 5.75 Å². The van der Waals surface area contributed by atoms with Crippen LogP contribution in [0.4, 0.5) is 5.69 Å². The van der Waals surface area contributed by atoms with Gasteiger partial charge in [0.2, 0.25) is 5.91 Å². The maximum Gasteiger partial charge on any atom is 0.325 e. The maximum absolute atomic E-state index is 11.9. The van der Waals surface area contributed by atoms with Gasteiger partial charge in [-0.2, -0.15) is 0 Å². The van der Waals surface area contributed by atoms with Crippen LogP contribution < -0.4 is 21.3 Å². The van der Waals surface area contributed by atoms with Crippen LogP contribution in [-0.4, -0.2) is 22.0 Å². The summed E-state index contributed by atoms with van der Waals surface area (Å²) in [6.07, 6.45) is -0.0166. The number of ether oxygens (including phenoxy) is 1. The van der Waals surface area contributed by atoms with E-state index in [0.717, 1.165) is 0 Å². The van der Waals surface area contributed by atoms with Gasteiger partial charge in [0.15, 0.2) is 0 Å². The summed E-state index contributed by atoms with van der Waals surface area (Å²) >= 11 is 0. The zero-order chi connectivity index (χ0) is 16.1. The number of hydrogen-bond donors (Lipinski definition) is 3. The first kappa shape index (κ1) is 15.6. The number of aromatic nitrogens is 2. The molecule has 3 N–H and O–H groups in total. The summed E-state index contributed by atoms with van der Waals surface area (Å²) in [5.74, 6) is 0.380. The van der Waals surface area contributed by atoms with Gasteiger partial charge in [0, 0.05) is 17.4 Å². The zero-order valence-electron chi connectivity index (χ0n) is 12.3. The molecule has 1 aromatic heterocycles. The van der Waals surface area contributed by atoms with Gasteiger partial charge < -0.3 is 15.0 Å². The molecule has 2 rings (SSSR count). The molecule has 22 heavy (non-hydrogen) atoms. The van der Waals surface area contributed by atoms with Gasteiger partial charge in [-0.1, -0.05) is 0 Å². The third-order valence-electron chi connectivity index (χ3n) is 2.68. The van der Waals surface area contributed by atoms with Crippen molar-refractivity contribution in [1.82, 2.24) is 9.97 Å². The largest absolute Gasteiger partial charge is 0.491 e. The van der Waals surface area contributed by atoms with E-state index in [1.165, 1.54) is 6.07 Å². The molecule has 0 aliphatic carbocycles. The number of anilines is 1. The van der Waals surface area contributed by atoms with Crippen molar-refractivity contribution in [1.29, 1.82) is 0 Å². The number of carbonyl (C=O) groups is 1. The smallest absolute Gasteiger partial charge is 0.325 e. The third kappa shape index (κ3) is 4.62. The minimum absolute atomic E-state index is 0.0773. The molecule has 7 nitrogen and oxygen atoms in total. The van der Waals surface area contributed by atoms with E-state index in [-0.39, 0.29) is 24.1 Å². The van der Waals surface area contributed by atoms with Crippen LogP contribution in [0.3, 0.4) is 0 Å². The van der Waals surface area contributed by atoms with Crippen LogP contribution >= 0.6 is 0 Å². The Morgan fingerprint density at radius 1 is 1.18 bits per heavy atom. The van der Waals surface area contributed by atoms with Crippen molar-refractivity contribution < 1.29 is 9.53 Å². The highest BCUT2D eigenvalue weighted by Gasteiger charge is 2.06. The van der Waals surface area contributed by atoms with Gasteiger partial charge in [-0.3, -0.25) is 14.6 Å². The number of rotatable bonds is 5. The summed E-state index contributed by atoms with van der Waals surface area (Å²) in [5.41, 5.74) is -0.313. The monoisotopic (exact) mass is 303 g/mol. The Hall–Kier alpha value is -2.83. The number of hydrogen-bond acceptors (Lipinski definition) is 4. The molecule has 0 saturated carbocycles. The van der Waals surface area contributed by atoms with E-state index in [2.05, 4.69) is 10.3 Å². The standard InChI is InChI=1S/C15H17N3O4/c1-9(2)22-12-5-3-10(4-6-12)16-13(19)7-11-8-14(20)18-15(21)17-11/h3-6,8-9H,7H2,1-2H3,(H,16,19)(H2,17,18,20,21). The van der Waals surface area contributed by atoms with E-state index < -0.39 is 11.2 Å². The van der Waals surface area contributed by atoms with E-state index >= 15 is 0 Å². The van der Waals surface area contributed by atoms with Crippen LogP contribution in [0.25, 0.3) is 0 Å². The number of benzene rings is 1. The zero-order valence-corrected chi connectivity index (χ0v) is 12.3. The number of carbonyl (C=O) groups excluding carboxylic acids is 1. The van der Waals surface area contributed by atoms with Crippen molar-refractivity contribution in [3.63, 3.8) is 0 Å². The molecule has 0 aliphatic heterocycles. The lowest BCUT2D eigenvalue weighted by Crippen LogP contribution is -2.25. The highest BCUT2D eigenvalue weighted by atomic mass is 16.5. The lowest BCUT2D eigenvalue weighted by Gasteiger charge is -2.10. The Bertz CT molecular complexity index is 731. The molecule has 1 heterocycles. The minimum atomic E-state index is -0.634. The molecular formula is C15H17N3O4. The number of nitrogens with one attached hydrogen (secondary N) is 3. The molecule has 0 radical (unpaired) electrons. The molecule has 0 bridgehead atoms. The average Bonchev–Trinajstić information content (AvgIpc) is 2.39. The number of aromatic amines is 2. The van der Waals surface area contributed by atoms with Gasteiger partial charge in [0.1, 0.15) is 5.75 Å². The number of H-pyrrole nitrogens is 2. The topological polar surface area (TPSA) is 104 Å². The molecular weight excluding hydrogens is 286 g/mol. The number of amides is 1. The predicted molar refractivity (Wildman–Crippen MR) is 82.2 cm³/mol. The molecule has 7 heteroatoms. The van der Waals surface area contributed by atoms with Crippen molar-refractivity contribution in [3.8, 4) is 5.75 Å². The SMILES string of the molecule is CC(C)Oc1ccc(NC(=O)Cc2cc(=O)[nH]c(=O)[nH]2)cc1. The first-order chi connectivity index (χ1) is 10.4. The lowest BCUT2D eigenvalue weighted by atomic mass is 10.2. The van der Waals surface area contributed by atoms with Crippen LogP contribution in [0.2, 0.25) is 0 Å². The van der Waals surface area contributed by atoms with Gasteiger partial charge in [-0.05, 0) is 38.1 Å². The molecule has 0 saturated heterocycles. The van der Waals surface area contributed by atoms with Gasteiger partial charge >= 0.3 is 5.69 Å². The van der Waals surface area contributed by atoms with Crippen molar-refractivity contribution in [2.45, 2.75) is 26.4 Å². The Kier molecular flexibility index (Phi) is 4.77. The third-order valence-corrected chi connectivity index (χ3v) is 2.68. The molecule has 0 unspecified atom stereocenters. The Morgan fingerprint density at radius 2 is 1.86 bits per heavy atom. The summed E-state index contributed by atoms with van der Waals surface area (Å²) in [7, 11) is 0. The summed E-state index contributed by atoms with van der Waals surface area (Å²) in [6.45, 7) is 3.86. The fourth-order valence-electron chi connectivity index (χ4n) is 1.88. The molecule has 2 aromatic rings. The van der Waals surface area contributed by atoms with E-state index in [1.54, 1.807) is 24.3 Å². The first-order valence-corrected chi connectivity index (χ1v) is 6.81. The highest BCUT2D eigenvalue weighted by molar-refractivity contribution is 5.92. The fraction of sp³-hybridized carbons (Fsp3) is 0.267. The van der Waals surface area contributed by atoms with Crippen LogP contribution in [-0.2, 0) is 11.2 Å². The van der Waals surface area contributed by atoms with E-state index in [4.69, 9.17) is 4.74 Å². The Balaban J connectivity index is 1.99. The Labute approximate surface area is 126 Å². The van der Waals surface area contributed by atoms with Gasteiger partial charge in [-0.15, -0.1) is 0 Å².